The SMILES string of the molecule is Cc1ccccc1C(=O)OC[C@H]1O[C@@H](n2c(=O)nc(N)c3nccnc32)C[C@@H]1OC(=O)c1ccccc1C. The van der Waals surface area contributed by atoms with E-state index in [0.29, 0.717) is 11.1 Å². The molecule has 0 spiro atoms. The van der Waals surface area contributed by atoms with Crippen molar-refractivity contribution in [3.63, 3.8) is 0 Å². The first-order valence-electron chi connectivity index (χ1n) is 12.0. The van der Waals surface area contributed by atoms with Crippen molar-refractivity contribution in [2.75, 3.05) is 12.3 Å². The molecule has 2 N–H and O–H groups in total. The molecule has 3 atom stereocenters. The fourth-order valence-corrected chi connectivity index (χ4v) is 4.42. The molecule has 38 heavy (non-hydrogen) atoms. The Morgan fingerprint density at radius 3 is 2.32 bits per heavy atom. The Morgan fingerprint density at radius 1 is 1.00 bits per heavy atom. The molecule has 2 aromatic carbocycles. The van der Waals surface area contributed by atoms with E-state index in [2.05, 4.69) is 15.0 Å². The van der Waals surface area contributed by atoms with E-state index in [-0.39, 0.29) is 30.0 Å². The van der Waals surface area contributed by atoms with Gasteiger partial charge in [0.2, 0.25) is 0 Å². The van der Waals surface area contributed by atoms with Crippen molar-refractivity contribution in [2.24, 2.45) is 0 Å². The molecule has 1 saturated heterocycles. The number of nitrogen functional groups attached to an aromatic ring is 1. The Morgan fingerprint density at radius 2 is 1.63 bits per heavy atom. The van der Waals surface area contributed by atoms with Gasteiger partial charge in [0.05, 0.1) is 11.1 Å². The van der Waals surface area contributed by atoms with Crippen molar-refractivity contribution < 1.29 is 23.8 Å². The molecule has 4 aromatic rings. The third kappa shape index (κ3) is 4.83. The van der Waals surface area contributed by atoms with Gasteiger partial charge in [0, 0.05) is 18.8 Å². The average Bonchev–Trinajstić information content (AvgIpc) is 3.29. The summed E-state index contributed by atoms with van der Waals surface area (Å²) in [6.07, 6.45) is 0.313. The first-order chi connectivity index (χ1) is 18.3. The molecular formula is C27H25N5O6. The number of nitrogens with two attached hydrogens (primary N) is 1. The molecule has 11 heteroatoms. The van der Waals surface area contributed by atoms with Crippen LogP contribution < -0.4 is 11.4 Å². The zero-order valence-corrected chi connectivity index (χ0v) is 20.7. The smallest absolute Gasteiger partial charge is 0.353 e. The number of hydrogen-bond donors (Lipinski definition) is 1. The zero-order valence-electron chi connectivity index (χ0n) is 20.7. The van der Waals surface area contributed by atoms with E-state index in [0.717, 1.165) is 11.1 Å². The second kappa shape index (κ2) is 10.4. The first kappa shape index (κ1) is 25.0. The van der Waals surface area contributed by atoms with Gasteiger partial charge >= 0.3 is 17.6 Å². The highest BCUT2D eigenvalue weighted by atomic mass is 16.6. The van der Waals surface area contributed by atoms with E-state index in [1.54, 1.807) is 50.2 Å². The van der Waals surface area contributed by atoms with Gasteiger partial charge in [0.15, 0.2) is 11.5 Å². The van der Waals surface area contributed by atoms with Crippen LogP contribution in [0.5, 0.6) is 0 Å². The molecule has 1 aliphatic rings. The fraction of sp³-hybridized carbons (Fsp3) is 0.259. The maximum Gasteiger partial charge on any atom is 0.353 e. The highest BCUT2D eigenvalue weighted by Gasteiger charge is 2.41. The summed E-state index contributed by atoms with van der Waals surface area (Å²) in [6.45, 7) is 3.39. The molecule has 11 nitrogen and oxygen atoms in total. The lowest BCUT2D eigenvalue weighted by atomic mass is 10.1. The van der Waals surface area contributed by atoms with Crippen LogP contribution in [0.2, 0.25) is 0 Å². The molecule has 0 aliphatic carbocycles. The van der Waals surface area contributed by atoms with Crippen LogP contribution in [0, 0.1) is 13.8 Å². The Hall–Kier alpha value is -4.64. The molecule has 194 valence electrons. The number of esters is 2. The van der Waals surface area contributed by atoms with Crippen LogP contribution in [-0.4, -0.2) is 50.3 Å². The van der Waals surface area contributed by atoms with Gasteiger partial charge in [-0.15, -0.1) is 0 Å². The zero-order chi connectivity index (χ0) is 26.8. The van der Waals surface area contributed by atoms with Crippen LogP contribution in [0.1, 0.15) is 44.5 Å². The monoisotopic (exact) mass is 515 g/mol. The van der Waals surface area contributed by atoms with Crippen LogP contribution in [0.3, 0.4) is 0 Å². The van der Waals surface area contributed by atoms with Crippen LogP contribution >= 0.6 is 0 Å². The lowest BCUT2D eigenvalue weighted by Crippen LogP contribution is -2.32. The number of aryl methyl sites for hydroxylation is 2. The van der Waals surface area contributed by atoms with Crippen LogP contribution in [0.15, 0.2) is 65.7 Å². The minimum Gasteiger partial charge on any atom is -0.459 e. The van der Waals surface area contributed by atoms with Crippen molar-refractivity contribution in [1.82, 2.24) is 19.5 Å². The number of nitrogens with zero attached hydrogens (tertiary/aromatic N) is 4. The van der Waals surface area contributed by atoms with Gasteiger partial charge in [-0.3, -0.25) is 0 Å². The molecule has 0 saturated carbocycles. The molecule has 0 bridgehead atoms. The number of benzene rings is 2. The number of anilines is 1. The standard InChI is InChI=1S/C27H25N5O6/c1-15-7-3-5-9-17(15)25(33)36-14-20-19(38-26(34)18-10-6-4-8-16(18)2)13-21(37-20)32-24-22(29-11-12-30-24)23(28)31-27(32)35/h3-12,19-21H,13-14H2,1-2H3,(H2,28,31,35)/t19-,20+,21+/m0/s1. The molecule has 1 fully saturated rings. The Balaban J connectivity index is 1.44. The van der Waals surface area contributed by atoms with E-state index in [1.807, 2.05) is 12.1 Å². The van der Waals surface area contributed by atoms with Crippen LogP contribution in [-0.2, 0) is 14.2 Å². The average molecular weight is 516 g/mol. The number of fused-ring (bicyclic) bond motifs is 1. The lowest BCUT2D eigenvalue weighted by molar-refractivity contribution is -0.0572. The molecule has 0 unspecified atom stereocenters. The van der Waals surface area contributed by atoms with Gasteiger partial charge in [-0.05, 0) is 37.1 Å². The summed E-state index contributed by atoms with van der Waals surface area (Å²) in [5, 5.41) is 0. The van der Waals surface area contributed by atoms with Crippen molar-refractivity contribution in [3.8, 4) is 0 Å². The van der Waals surface area contributed by atoms with Gasteiger partial charge in [-0.1, -0.05) is 36.4 Å². The number of hydrogen-bond acceptors (Lipinski definition) is 10. The summed E-state index contributed by atoms with van der Waals surface area (Å²) in [5.74, 6) is -1.15. The Labute approximate surface area is 217 Å². The van der Waals surface area contributed by atoms with E-state index >= 15 is 0 Å². The third-order valence-electron chi connectivity index (χ3n) is 6.41. The minimum absolute atomic E-state index is 0.0569. The Bertz CT molecular complexity index is 1590. The van der Waals surface area contributed by atoms with E-state index < -0.39 is 36.1 Å². The van der Waals surface area contributed by atoms with Gasteiger partial charge in [0.1, 0.15) is 30.6 Å². The van der Waals surface area contributed by atoms with E-state index in [9.17, 15) is 14.4 Å². The molecule has 0 radical (unpaired) electrons. The molecule has 5 rings (SSSR count). The number of ether oxygens (including phenoxy) is 3. The van der Waals surface area contributed by atoms with Gasteiger partial charge in [-0.2, -0.15) is 4.98 Å². The summed E-state index contributed by atoms with van der Waals surface area (Å²) in [5.41, 5.74) is 7.91. The lowest BCUT2D eigenvalue weighted by Gasteiger charge is -2.19. The molecule has 0 amide bonds. The summed E-state index contributed by atoms with van der Waals surface area (Å²) in [6, 6.07) is 14.1. The second-order valence-corrected chi connectivity index (χ2v) is 8.92. The van der Waals surface area contributed by atoms with Crippen molar-refractivity contribution in [2.45, 2.75) is 38.7 Å². The predicted octanol–water partition coefficient (Wildman–Crippen LogP) is 2.76. The normalized spacial score (nSPS) is 18.8. The summed E-state index contributed by atoms with van der Waals surface area (Å²) < 4.78 is 18.7. The summed E-state index contributed by atoms with van der Waals surface area (Å²) in [7, 11) is 0. The van der Waals surface area contributed by atoms with Gasteiger partial charge in [0.25, 0.3) is 0 Å². The van der Waals surface area contributed by atoms with E-state index in [1.165, 1.54) is 17.0 Å². The first-order valence-corrected chi connectivity index (χ1v) is 12.0. The maximum absolute atomic E-state index is 13.0. The highest BCUT2D eigenvalue weighted by molar-refractivity contribution is 5.91. The largest absolute Gasteiger partial charge is 0.459 e. The van der Waals surface area contributed by atoms with E-state index in [4.69, 9.17) is 19.9 Å². The number of carbonyl (C=O) groups is 2. The van der Waals surface area contributed by atoms with Crippen molar-refractivity contribution >= 4 is 28.9 Å². The molecule has 2 aromatic heterocycles. The summed E-state index contributed by atoms with van der Waals surface area (Å²) in [4.78, 5) is 50.9. The quantitative estimate of drug-likeness (QED) is 0.380. The van der Waals surface area contributed by atoms with Crippen LogP contribution in [0.4, 0.5) is 5.82 Å². The minimum atomic E-state index is -0.924. The number of aromatic nitrogens is 4. The molecule has 3 heterocycles. The summed E-state index contributed by atoms with van der Waals surface area (Å²) >= 11 is 0. The maximum atomic E-state index is 13.0. The van der Waals surface area contributed by atoms with Gasteiger partial charge < -0.3 is 19.9 Å². The number of carbonyl (C=O) groups excluding carboxylic acids is 2. The van der Waals surface area contributed by atoms with Gasteiger partial charge in [-0.25, -0.2) is 28.9 Å². The molecular weight excluding hydrogens is 490 g/mol. The Kier molecular flexibility index (Phi) is 6.84. The topological polar surface area (TPSA) is 149 Å². The second-order valence-electron chi connectivity index (χ2n) is 8.92. The molecule has 1 aliphatic heterocycles. The van der Waals surface area contributed by atoms with Crippen molar-refractivity contribution in [1.29, 1.82) is 0 Å². The third-order valence-corrected chi connectivity index (χ3v) is 6.41. The predicted molar refractivity (Wildman–Crippen MR) is 136 cm³/mol. The fourth-order valence-electron chi connectivity index (χ4n) is 4.42. The highest BCUT2D eigenvalue weighted by Crippen LogP contribution is 2.33. The van der Waals surface area contributed by atoms with Crippen LogP contribution in [0.25, 0.3) is 11.2 Å². The van der Waals surface area contributed by atoms with Crippen molar-refractivity contribution in [3.05, 3.63) is 93.7 Å². The number of rotatable bonds is 6.